The normalized spacial score (nSPS) is 10.4. The number of halogens is 1. The Labute approximate surface area is 134 Å². The molecule has 0 bridgehead atoms. The van der Waals surface area contributed by atoms with Crippen LogP contribution >= 0.6 is 11.6 Å². The van der Waals surface area contributed by atoms with E-state index in [-0.39, 0.29) is 5.78 Å². The first-order chi connectivity index (χ1) is 10.7. The van der Waals surface area contributed by atoms with Gasteiger partial charge in [-0.3, -0.25) is 4.79 Å². The van der Waals surface area contributed by atoms with Crippen molar-refractivity contribution in [1.82, 2.24) is 0 Å². The Kier molecular flexibility index (Phi) is 3.94. The van der Waals surface area contributed by atoms with E-state index in [1.165, 1.54) is 0 Å². The van der Waals surface area contributed by atoms with Crippen molar-refractivity contribution in [2.45, 2.75) is 0 Å². The summed E-state index contributed by atoms with van der Waals surface area (Å²) in [5.41, 5.74) is 9.37. The summed E-state index contributed by atoms with van der Waals surface area (Å²) in [6.45, 7) is 0. The Morgan fingerprint density at radius 2 is 1.36 bits per heavy atom. The van der Waals surface area contributed by atoms with Gasteiger partial charge in [0.15, 0.2) is 5.78 Å². The van der Waals surface area contributed by atoms with Gasteiger partial charge in [0.25, 0.3) is 0 Å². The molecule has 3 aromatic rings. The molecule has 2 N–H and O–H groups in total. The van der Waals surface area contributed by atoms with Gasteiger partial charge in [0.2, 0.25) is 0 Å². The minimum Gasteiger partial charge on any atom is -0.398 e. The van der Waals surface area contributed by atoms with Crippen LogP contribution in [0.1, 0.15) is 15.9 Å². The monoisotopic (exact) mass is 307 g/mol. The number of rotatable bonds is 3. The fraction of sp³-hybridized carbons (Fsp3) is 0. The van der Waals surface area contributed by atoms with Crippen molar-refractivity contribution in [3.63, 3.8) is 0 Å². The lowest BCUT2D eigenvalue weighted by Crippen LogP contribution is -2.06. The molecule has 22 heavy (non-hydrogen) atoms. The maximum absolute atomic E-state index is 12.8. The number of benzene rings is 3. The van der Waals surface area contributed by atoms with E-state index >= 15 is 0 Å². The zero-order valence-corrected chi connectivity index (χ0v) is 12.5. The summed E-state index contributed by atoms with van der Waals surface area (Å²) in [6, 6.07) is 22.1. The van der Waals surface area contributed by atoms with Crippen molar-refractivity contribution in [2.75, 3.05) is 5.73 Å². The number of carbonyl (C=O) groups excluding carboxylic acids is 1. The maximum atomic E-state index is 12.8. The van der Waals surface area contributed by atoms with Gasteiger partial charge in [-0.2, -0.15) is 0 Å². The van der Waals surface area contributed by atoms with Crippen LogP contribution in [0.3, 0.4) is 0 Å². The Balaban J connectivity index is 2.11. The number of hydrogen-bond acceptors (Lipinski definition) is 2. The average Bonchev–Trinajstić information content (AvgIpc) is 2.55. The number of nitrogens with two attached hydrogens (primary N) is 1. The molecule has 0 saturated heterocycles. The summed E-state index contributed by atoms with van der Waals surface area (Å²) < 4.78 is 0. The Hall–Kier alpha value is -2.58. The van der Waals surface area contributed by atoms with Gasteiger partial charge in [0.1, 0.15) is 0 Å². The number of hydrogen-bond donors (Lipinski definition) is 1. The highest BCUT2D eigenvalue weighted by atomic mass is 35.5. The molecule has 0 aliphatic carbocycles. The first-order valence-electron chi connectivity index (χ1n) is 6.91. The molecular weight excluding hydrogens is 294 g/mol. The van der Waals surface area contributed by atoms with Crippen molar-refractivity contribution in [2.24, 2.45) is 0 Å². The zero-order valence-electron chi connectivity index (χ0n) is 11.8. The molecule has 0 unspecified atom stereocenters. The van der Waals surface area contributed by atoms with Gasteiger partial charge in [-0.15, -0.1) is 0 Å². The molecule has 0 atom stereocenters. The van der Waals surface area contributed by atoms with Crippen LogP contribution in [-0.2, 0) is 0 Å². The van der Waals surface area contributed by atoms with Gasteiger partial charge in [-0.25, -0.2) is 0 Å². The summed E-state index contributed by atoms with van der Waals surface area (Å²) >= 11 is 5.93. The molecule has 0 radical (unpaired) electrons. The molecule has 3 rings (SSSR count). The molecule has 3 aromatic carbocycles. The Bertz CT molecular complexity index is 825. The number of ketones is 1. The van der Waals surface area contributed by atoms with Crippen LogP contribution in [0, 0.1) is 0 Å². The highest BCUT2D eigenvalue weighted by molar-refractivity contribution is 6.30. The lowest BCUT2D eigenvalue weighted by atomic mass is 9.93. The molecule has 0 saturated carbocycles. The predicted molar refractivity (Wildman–Crippen MR) is 91.2 cm³/mol. The second kappa shape index (κ2) is 6.04. The van der Waals surface area contributed by atoms with Crippen LogP contribution in [0.5, 0.6) is 0 Å². The van der Waals surface area contributed by atoms with Gasteiger partial charge in [-0.1, -0.05) is 60.1 Å². The third-order valence-corrected chi connectivity index (χ3v) is 3.78. The van der Waals surface area contributed by atoms with Gasteiger partial charge in [0.05, 0.1) is 0 Å². The molecule has 3 heteroatoms. The van der Waals surface area contributed by atoms with E-state index in [1.54, 1.807) is 12.1 Å². The largest absolute Gasteiger partial charge is 0.398 e. The maximum Gasteiger partial charge on any atom is 0.195 e. The third kappa shape index (κ3) is 2.74. The minimum atomic E-state index is -0.0800. The second-order valence-electron chi connectivity index (χ2n) is 4.97. The summed E-state index contributed by atoms with van der Waals surface area (Å²) in [5.74, 6) is -0.0800. The van der Waals surface area contributed by atoms with Gasteiger partial charge in [0, 0.05) is 21.8 Å². The number of carbonyl (C=O) groups is 1. The van der Waals surface area contributed by atoms with Crippen LogP contribution in [0.2, 0.25) is 5.02 Å². The zero-order chi connectivity index (χ0) is 15.5. The third-order valence-electron chi connectivity index (χ3n) is 3.53. The van der Waals surface area contributed by atoms with Gasteiger partial charge >= 0.3 is 0 Å². The summed E-state index contributed by atoms with van der Waals surface area (Å²) in [7, 11) is 0. The molecule has 0 spiro atoms. The fourth-order valence-electron chi connectivity index (χ4n) is 2.41. The minimum absolute atomic E-state index is 0.0800. The van der Waals surface area contributed by atoms with Crippen molar-refractivity contribution < 1.29 is 4.79 Å². The van der Waals surface area contributed by atoms with E-state index in [0.29, 0.717) is 21.8 Å². The molecule has 0 amide bonds. The lowest BCUT2D eigenvalue weighted by molar-refractivity contribution is 0.104. The van der Waals surface area contributed by atoms with E-state index in [2.05, 4.69) is 0 Å². The molecule has 0 aliphatic heterocycles. The molecular formula is C19H14ClNO. The van der Waals surface area contributed by atoms with E-state index in [4.69, 9.17) is 17.3 Å². The SMILES string of the molecule is Nc1ccccc1C(=O)c1ccccc1-c1ccc(Cl)cc1. The first kappa shape index (κ1) is 14.4. The van der Waals surface area contributed by atoms with E-state index < -0.39 is 0 Å². The number of anilines is 1. The molecule has 108 valence electrons. The van der Waals surface area contributed by atoms with Gasteiger partial charge < -0.3 is 5.73 Å². The molecule has 0 aromatic heterocycles. The van der Waals surface area contributed by atoms with E-state index in [0.717, 1.165) is 11.1 Å². The predicted octanol–water partition coefficient (Wildman–Crippen LogP) is 4.82. The second-order valence-corrected chi connectivity index (χ2v) is 5.41. The smallest absolute Gasteiger partial charge is 0.195 e. The van der Waals surface area contributed by atoms with Crippen LogP contribution in [0.15, 0.2) is 72.8 Å². The van der Waals surface area contributed by atoms with Crippen molar-refractivity contribution in [3.05, 3.63) is 88.9 Å². The average molecular weight is 308 g/mol. The molecule has 0 heterocycles. The van der Waals surface area contributed by atoms with Crippen molar-refractivity contribution in [1.29, 1.82) is 0 Å². The van der Waals surface area contributed by atoms with Crippen LogP contribution < -0.4 is 5.73 Å². The van der Waals surface area contributed by atoms with E-state index in [9.17, 15) is 4.79 Å². The standard InChI is InChI=1S/C19H14ClNO/c20-14-11-9-13(10-12-14)15-5-1-2-6-16(15)19(22)17-7-3-4-8-18(17)21/h1-12H,21H2. The molecule has 0 fully saturated rings. The summed E-state index contributed by atoms with van der Waals surface area (Å²) in [6.07, 6.45) is 0. The highest BCUT2D eigenvalue weighted by Crippen LogP contribution is 2.28. The van der Waals surface area contributed by atoms with Crippen LogP contribution in [0.25, 0.3) is 11.1 Å². The van der Waals surface area contributed by atoms with Crippen LogP contribution in [0.4, 0.5) is 5.69 Å². The lowest BCUT2D eigenvalue weighted by Gasteiger charge is -2.10. The first-order valence-corrected chi connectivity index (χ1v) is 7.29. The van der Waals surface area contributed by atoms with E-state index in [1.807, 2.05) is 60.7 Å². The Morgan fingerprint density at radius 1 is 0.773 bits per heavy atom. The Morgan fingerprint density at radius 3 is 2.05 bits per heavy atom. The summed E-state index contributed by atoms with van der Waals surface area (Å²) in [5, 5.41) is 0.667. The molecule has 2 nitrogen and oxygen atoms in total. The topological polar surface area (TPSA) is 43.1 Å². The van der Waals surface area contributed by atoms with Crippen molar-refractivity contribution >= 4 is 23.1 Å². The fourth-order valence-corrected chi connectivity index (χ4v) is 2.54. The number of para-hydroxylation sites is 1. The van der Waals surface area contributed by atoms with Crippen molar-refractivity contribution in [3.8, 4) is 11.1 Å². The van der Waals surface area contributed by atoms with Crippen LogP contribution in [-0.4, -0.2) is 5.78 Å². The van der Waals surface area contributed by atoms with Gasteiger partial charge in [-0.05, 0) is 35.4 Å². The quantitative estimate of drug-likeness (QED) is 0.557. The highest BCUT2D eigenvalue weighted by Gasteiger charge is 2.16. The number of nitrogen functional groups attached to an aromatic ring is 1. The summed E-state index contributed by atoms with van der Waals surface area (Å²) in [4.78, 5) is 12.8. The molecule has 0 aliphatic rings.